The van der Waals surface area contributed by atoms with Gasteiger partial charge in [0, 0.05) is 32.4 Å². The number of urea groups is 1. The number of guanidine groups is 1. The van der Waals surface area contributed by atoms with Gasteiger partial charge in [0.05, 0.1) is 12.3 Å². The highest BCUT2D eigenvalue weighted by Gasteiger charge is 2.55. The number of aliphatic imine (C=N–C) groups is 1. The van der Waals surface area contributed by atoms with Gasteiger partial charge in [0.15, 0.2) is 5.96 Å². The molecule has 10 nitrogen and oxygen atoms in total. The Kier molecular flexibility index (Phi) is 9.38. The molecule has 0 radical (unpaired) electrons. The van der Waals surface area contributed by atoms with Crippen molar-refractivity contribution < 1.29 is 22.5 Å². The Morgan fingerprint density at radius 1 is 1.18 bits per heavy atom. The fraction of sp³-hybridized carbons (Fsp3) is 0.591. The highest BCUT2D eigenvalue weighted by molar-refractivity contribution is 7.89. The number of hydrogen-bond acceptors (Lipinski definition) is 5. The van der Waals surface area contributed by atoms with Crippen molar-refractivity contribution >= 4 is 27.9 Å². The minimum Gasteiger partial charge on any atom is -0.370 e. The van der Waals surface area contributed by atoms with Crippen molar-refractivity contribution in [2.45, 2.75) is 58.0 Å². The molecule has 3 atom stereocenters. The van der Waals surface area contributed by atoms with Gasteiger partial charge in [-0.05, 0) is 32.3 Å². The maximum Gasteiger partial charge on any atom is 0.421 e. The Bertz CT molecular complexity index is 949. The first-order chi connectivity index (χ1) is 15.6. The molecular weight excluding hydrogens is 444 g/mol. The zero-order valence-corrected chi connectivity index (χ0v) is 20.3. The number of carbonyl (C=O) groups is 2. The van der Waals surface area contributed by atoms with Crippen molar-refractivity contribution in [2.75, 3.05) is 25.4 Å². The minimum atomic E-state index is -3.76. The quantitative estimate of drug-likeness (QED) is 0.184. The lowest BCUT2D eigenvalue weighted by Crippen LogP contribution is -2.67. The standard InChI is InChI=1S/C22H36N6O4S/c1-3-33(31,32)27(14-8-7-13-26-21(23)24)19(16-18-11-5-4-6-12-18)20(29)28(22(25)30)15-9-10-17(28)2/h4-6,11-12,17,19H,3,7-10,13-16H2,1-2H3,(H5-,23,24,25,26,30)/p+1/t17-,19-,28?/m1/s1. The van der Waals surface area contributed by atoms with Crippen molar-refractivity contribution in [3.05, 3.63) is 35.9 Å². The molecule has 11 heteroatoms. The SMILES string of the molecule is CCS(=O)(=O)N(CCCCN=C(N)N)[C@H](Cc1ccccc1)C(=O)[N+]1(C(N)=O)CCC[C@H]1C. The summed E-state index contributed by atoms with van der Waals surface area (Å²) in [7, 11) is -3.76. The smallest absolute Gasteiger partial charge is 0.370 e. The number of hydrogen-bond donors (Lipinski definition) is 3. The predicted molar refractivity (Wildman–Crippen MR) is 128 cm³/mol. The number of quaternary nitrogens is 1. The van der Waals surface area contributed by atoms with Crippen LogP contribution >= 0.6 is 0 Å². The minimum absolute atomic E-state index is 0.0268. The van der Waals surface area contributed by atoms with Gasteiger partial charge in [-0.3, -0.25) is 4.99 Å². The van der Waals surface area contributed by atoms with Gasteiger partial charge in [-0.15, -0.1) is 0 Å². The number of amides is 3. The summed E-state index contributed by atoms with van der Waals surface area (Å²) in [5, 5.41) is 0. The molecule has 1 heterocycles. The molecule has 6 N–H and O–H groups in total. The van der Waals surface area contributed by atoms with E-state index in [0.29, 0.717) is 32.2 Å². The van der Waals surface area contributed by atoms with Gasteiger partial charge in [0.1, 0.15) is 12.1 Å². The van der Waals surface area contributed by atoms with E-state index in [2.05, 4.69) is 4.99 Å². The van der Waals surface area contributed by atoms with Crippen LogP contribution in [-0.4, -0.2) is 72.6 Å². The van der Waals surface area contributed by atoms with Crippen LogP contribution in [0.3, 0.4) is 0 Å². The second-order valence-corrected chi connectivity index (χ2v) is 10.7. The molecular formula is C22H37N6O4S+. The van der Waals surface area contributed by atoms with Crippen molar-refractivity contribution in [3.63, 3.8) is 0 Å². The van der Waals surface area contributed by atoms with Crippen LogP contribution in [-0.2, 0) is 21.2 Å². The van der Waals surface area contributed by atoms with Crippen LogP contribution in [0.5, 0.6) is 0 Å². The molecule has 0 saturated carbocycles. The molecule has 3 amide bonds. The molecule has 1 aromatic rings. The Balaban J connectivity index is 2.46. The van der Waals surface area contributed by atoms with Crippen molar-refractivity contribution in [1.29, 1.82) is 0 Å². The van der Waals surface area contributed by atoms with E-state index in [9.17, 15) is 18.0 Å². The molecule has 2 rings (SSSR count). The van der Waals surface area contributed by atoms with Crippen LogP contribution < -0.4 is 17.2 Å². The van der Waals surface area contributed by atoms with Gasteiger partial charge < -0.3 is 17.2 Å². The number of likely N-dealkylation sites (tertiary alicyclic amines) is 1. The molecule has 184 valence electrons. The van der Waals surface area contributed by atoms with Crippen molar-refractivity contribution in [3.8, 4) is 0 Å². The summed E-state index contributed by atoms with van der Waals surface area (Å²) in [5.41, 5.74) is 17.3. The van der Waals surface area contributed by atoms with Gasteiger partial charge in [-0.1, -0.05) is 30.3 Å². The topological polar surface area (TPSA) is 162 Å². The second kappa shape index (κ2) is 11.6. The van der Waals surface area contributed by atoms with E-state index in [0.717, 1.165) is 5.56 Å². The fourth-order valence-corrected chi connectivity index (χ4v) is 5.79. The largest absolute Gasteiger partial charge is 0.421 e. The third-order valence-corrected chi connectivity index (χ3v) is 8.26. The number of nitrogens with zero attached hydrogens (tertiary/aromatic N) is 3. The van der Waals surface area contributed by atoms with Crippen LogP contribution in [0.1, 0.15) is 45.1 Å². The number of nitrogens with two attached hydrogens (primary N) is 3. The molecule has 0 aliphatic carbocycles. The van der Waals surface area contributed by atoms with E-state index >= 15 is 0 Å². The maximum atomic E-state index is 14.0. The summed E-state index contributed by atoms with van der Waals surface area (Å²) in [4.78, 5) is 30.6. The fourth-order valence-electron chi connectivity index (χ4n) is 4.50. The van der Waals surface area contributed by atoms with Gasteiger partial charge in [-0.25, -0.2) is 18.0 Å². The lowest BCUT2D eigenvalue weighted by atomic mass is 10.0. The highest BCUT2D eigenvalue weighted by Crippen LogP contribution is 2.31. The van der Waals surface area contributed by atoms with Crippen molar-refractivity contribution in [2.24, 2.45) is 22.2 Å². The highest BCUT2D eigenvalue weighted by atomic mass is 32.2. The first-order valence-electron chi connectivity index (χ1n) is 11.4. The number of benzene rings is 1. The number of primary amides is 1. The number of unbranched alkanes of at least 4 members (excludes halogenated alkanes) is 1. The number of sulfonamides is 1. The molecule has 0 bridgehead atoms. The van der Waals surface area contributed by atoms with Crippen LogP contribution in [0, 0.1) is 0 Å². The van der Waals surface area contributed by atoms with Gasteiger partial charge in [0.25, 0.3) is 0 Å². The summed E-state index contributed by atoms with van der Waals surface area (Å²) in [5.74, 6) is -0.648. The van der Waals surface area contributed by atoms with E-state index in [1.165, 1.54) is 4.31 Å². The number of imide groups is 1. The first kappa shape index (κ1) is 26.7. The molecule has 1 aliphatic rings. The van der Waals surface area contributed by atoms with E-state index in [4.69, 9.17) is 17.2 Å². The second-order valence-electron chi connectivity index (χ2n) is 8.49. The summed E-state index contributed by atoms with van der Waals surface area (Å²) in [6.45, 7) is 4.13. The van der Waals surface area contributed by atoms with E-state index in [1.54, 1.807) is 6.92 Å². The molecule has 1 unspecified atom stereocenters. The predicted octanol–water partition coefficient (Wildman–Crippen LogP) is 0.907. The third kappa shape index (κ3) is 6.30. The molecule has 1 saturated heterocycles. The van der Waals surface area contributed by atoms with Gasteiger partial charge in [0.2, 0.25) is 10.0 Å². The van der Waals surface area contributed by atoms with Gasteiger partial charge >= 0.3 is 11.9 Å². The monoisotopic (exact) mass is 481 g/mol. The lowest BCUT2D eigenvalue weighted by molar-refractivity contribution is -0.784. The average Bonchev–Trinajstić information content (AvgIpc) is 3.17. The zero-order chi connectivity index (χ0) is 24.6. The number of carbonyl (C=O) groups excluding carboxylic acids is 2. The Morgan fingerprint density at radius 2 is 1.85 bits per heavy atom. The number of rotatable bonds is 11. The Morgan fingerprint density at radius 3 is 2.36 bits per heavy atom. The lowest BCUT2D eigenvalue weighted by Gasteiger charge is -2.37. The van der Waals surface area contributed by atoms with Crippen LogP contribution in [0.25, 0.3) is 0 Å². The summed E-state index contributed by atoms with van der Waals surface area (Å²) in [6, 6.07) is 7.13. The Labute approximate surface area is 196 Å². The van der Waals surface area contributed by atoms with E-state index < -0.39 is 32.5 Å². The summed E-state index contributed by atoms with van der Waals surface area (Å²) >= 11 is 0. The molecule has 1 aliphatic heterocycles. The van der Waals surface area contributed by atoms with E-state index in [-0.39, 0.29) is 37.3 Å². The van der Waals surface area contributed by atoms with Gasteiger partial charge in [-0.2, -0.15) is 8.79 Å². The molecule has 33 heavy (non-hydrogen) atoms. The normalized spacial score (nSPS) is 21.6. The van der Waals surface area contributed by atoms with Crippen LogP contribution in [0.2, 0.25) is 0 Å². The molecule has 1 aromatic carbocycles. The summed E-state index contributed by atoms with van der Waals surface area (Å²) in [6.07, 6.45) is 2.51. The molecule has 1 fully saturated rings. The third-order valence-electron chi connectivity index (χ3n) is 6.38. The summed E-state index contributed by atoms with van der Waals surface area (Å²) < 4.78 is 27.1. The van der Waals surface area contributed by atoms with Crippen LogP contribution in [0.4, 0.5) is 4.79 Å². The maximum absolute atomic E-state index is 14.0. The average molecular weight is 482 g/mol. The van der Waals surface area contributed by atoms with E-state index in [1.807, 2.05) is 37.3 Å². The molecule has 0 aromatic heterocycles. The van der Waals surface area contributed by atoms with Crippen LogP contribution in [0.15, 0.2) is 35.3 Å². The zero-order valence-electron chi connectivity index (χ0n) is 19.5. The molecule has 0 spiro atoms. The first-order valence-corrected chi connectivity index (χ1v) is 13.0. The Hall–Kier alpha value is -2.50. The van der Waals surface area contributed by atoms with Crippen molar-refractivity contribution in [1.82, 2.24) is 4.31 Å².